The van der Waals surface area contributed by atoms with E-state index in [1.54, 1.807) is 12.3 Å². The molecule has 2 amide bonds. The summed E-state index contributed by atoms with van der Waals surface area (Å²) in [4.78, 5) is 41.3. The number of benzene rings is 1. The molecular weight excluding hydrogens is 434 g/mol. The number of nitrogens with zero attached hydrogens (tertiary/aromatic N) is 1. The number of nitrogens with one attached hydrogen (secondary N) is 2. The van der Waals surface area contributed by atoms with Crippen LogP contribution >= 0.6 is 0 Å². The number of esters is 1. The number of aromatic nitrogens is 1. The molecule has 0 unspecified atom stereocenters. The summed E-state index contributed by atoms with van der Waals surface area (Å²) < 4.78 is 10.5. The molecule has 0 radical (unpaired) electrons. The van der Waals surface area contributed by atoms with Gasteiger partial charge in [-0.15, -0.1) is 0 Å². The van der Waals surface area contributed by atoms with Gasteiger partial charge in [0.05, 0.1) is 12.1 Å². The molecule has 2 aromatic rings. The molecule has 0 saturated heterocycles. The molecule has 0 bridgehead atoms. The Morgan fingerprint density at radius 1 is 1.06 bits per heavy atom. The maximum absolute atomic E-state index is 13.0. The number of rotatable bonds is 12. The number of carbonyl (C=O) groups is 3. The Morgan fingerprint density at radius 2 is 1.85 bits per heavy atom. The second kappa shape index (κ2) is 13.5. The number of hydrogen-bond donors (Lipinski definition) is 2. The lowest BCUT2D eigenvalue weighted by Crippen LogP contribution is -2.44. The molecule has 1 heterocycles. The number of amides is 2. The molecule has 1 atom stereocenters. The van der Waals surface area contributed by atoms with Crippen LogP contribution in [-0.4, -0.2) is 41.2 Å². The molecule has 0 fully saturated rings. The van der Waals surface area contributed by atoms with Gasteiger partial charge in [0.2, 0.25) is 5.91 Å². The molecule has 186 valence electrons. The fraction of sp³-hybridized carbons (Fsp3) is 0.538. The molecule has 8 nitrogen and oxygen atoms in total. The number of anilines is 1. The van der Waals surface area contributed by atoms with Crippen molar-refractivity contribution in [1.82, 2.24) is 10.3 Å². The van der Waals surface area contributed by atoms with Gasteiger partial charge in [0.25, 0.3) is 0 Å². The van der Waals surface area contributed by atoms with Crippen molar-refractivity contribution in [2.75, 3.05) is 11.9 Å². The summed E-state index contributed by atoms with van der Waals surface area (Å²) in [5, 5.41) is 6.48. The second-order valence-corrected chi connectivity index (χ2v) is 9.27. The standard InChI is InChI=1S/C26H37N3O5/c1-5-6-17-33-25(32)29-22(12-8-7-9-13-23(30)34-26(2,3)4)24(31)28-20-14-15-21-19(18-20)11-10-16-27-21/h10-11,14-16,18,22H,5-9,12-13,17H2,1-4H3,(H,28,31)(H,29,32)/t22-/m0/s1. The van der Waals surface area contributed by atoms with Crippen LogP contribution in [0.25, 0.3) is 10.9 Å². The summed E-state index contributed by atoms with van der Waals surface area (Å²) in [6, 6.07) is 8.47. The third kappa shape index (κ3) is 10.2. The predicted octanol–water partition coefficient (Wildman–Crippen LogP) is 5.36. The Kier molecular flexibility index (Phi) is 10.8. The van der Waals surface area contributed by atoms with Crippen LogP contribution in [-0.2, 0) is 19.1 Å². The quantitative estimate of drug-likeness (QED) is 0.319. The Bertz CT molecular complexity index is 955. The summed E-state index contributed by atoms with van der Waals surface area (Å²) in [5.74, 6) is -0.548. The monoisotopic (exact) mass is 471 g/mol. The largest absolute Gasteiger partial charge is 0.460 e. The average molecular weight is 472 g/mol. The Labute approximate surface area is 201 Å². The third-order valence-corrected chi connectivity index (χ3v) is 5.00. The van der Waals surface area contributed by atoms with Crippen molar-refractivity contribution < 1.29 is 23.9 Å². The zero-order chi connectivity index (χ0) is 25.0. The lowest BCUT2D eigenvalue weighted by Gasteiger charge is -2.20. The summed E-state index contributed by atoms with van der Waals surface area (Å²) in [6.07, 6.45) is 5.59. The van der Waals surface area contributed by atoms with Gasteiger partial charge in [-0.1, -0.05) is 32.3 Å². The molecule has 2 rings (SSSR count). The van der Waals surface area contributed by atoms with Gasteiger partial charge < -0.3 is 20.1 Å². The highest BCUT2D eigenvalue weighted by atomic mass is 16.6. The molecule has 0 spiro atoms. The van der Waals surface area contributed by atoms with Crippen molar-refractivity contribution in [1.29, 1.82) is 0 Å². The Balaban J connectivity index is 1.92. The first kappa shape index (κ1) is 27.1. The zero-order valence-electron chi connectivity index (χ0n) is 20.7. The number of pyridine rings is 1. The molecule has 1 aromatic heterocycles. The van der Waals surface area contributed by atoms with E-state index in [1.165, 1.54) is 0 Å². The predicted molar refractivity (Wildman–Crippen MR) is 132 cm³/mol. The van der Waals surface area contributed by atoms with Crippen LogP contribution in [0.2, 0.25) is 0 Å². The smallest absolute Gasteiger partial charge is 0.407 e. The van der Waals surface area contributed by atoms with Crippen molar-refractivity contribution in [3.05, 3.63) is 36.5 Å². The number of fused-ring (bicyclic) bond motifs is 1. The van der Waals surface area contributed by atoms with Crippen LogP contribution in [0, 0.1) is 0 Å². The van der Waals surface area contributed by atoms with Gasteiger partial charge in [0, 0.05) is 23.7 Å². The van der Waals surface area contributed by atoms with E-state index in [1.807, 2.05) is 52.0 Å². The highest BCUT2D eigenvalue weighted by Gasteiger charge is 2.22. The van der Waals surface area contributed by atoms with Crippen LogP contribution in [0.1, 0.15) is 72.6 Å². The Morgan fingerprint density at radius 3 is 2.59 bits per heavy atom. The van der Waals surface area contributed by atoms with Crippen molar-refractivity contribution in [2.24, 2.45) is 0 Å². The summed E-state index contributed by atoms with van der Waals surface area (Å²) in [6.45, 7) is 7.83. The molecule has 8 heteroatoms. The minimum atomic E-state index is -0.750. The van der Waals surface area contributed by atoms with Crippen LogP contribution < -0.4 is 10.6 Å². The molecular formula is C26H37N3O5. The third-order valence-electron chi connectivity index (χ3n) is 5.00. The number of alkyl carbamates (subject to hydrolysis) is 1. The number of unbranched alkanes of at least 4 members (excludes halogenated alkanes) is 3. The first-order valence-corrected chi connectivity index (χ1v) is 12.0. The summed E-state index contributed by atoms with van der Waals surface area (Å²) in [7, 11) is 0. The van der Waals surface area contributed by atoms with Gasteiger partial charge in [-0.3, -0.25) is 14.6 Å². The zero-order valence-corrected chi connectivity index (χ0v) is 20.7. The maximum Gasteiger partial charge on any atom is 0.407 e. The fourth-order valence-electron chi connectivity index (χ4n) is 3.33. The van der Waals surface area contributed by atoms with Crippen molar-refractivity contribution in [2.45, 2.75) is 84.3 Å². The average Bonchev–Trinajstić information content (AvgIpc) is 2.77. The molecule has 34 heavy (non-hydrogen) atoms. The van der Waals surface area contributed by atoms with Gasteiger partial charge in [0.1, 0.15) is 11.6 Å². The van der Waals surface area contributed by atoms with Crippen LogP contribution in [0.5, 0.6) is 0 Å². The first-order valence-electron chi connectivity index (χ1n) is 12.0. The number of carbonyl (C=O) groups excluding carboxylic acids is 3. The van der Waals surface area contributed by atoms with E-state index in [2.05, 4.69) is 15.6 Å². The second-order valence-electron chi connectivity index (χ2n) is 9.27. The topological polar surface area (TPSA) is 107 Å². The van der Waals surface area contributed by atoms with Gasteiger partial charge in [0.15, 0.2) is 0 Å². The normalized spacial score (nSPS) is 12.1. The van der Waals surface area contributed by atoms with E-state index in [0.717, 1.165) is 30.2 Å². The van der Waals surface area contributed by atoms with Gasteiger partial charge >= 0.3 is 12.1 Å². The van der Waals surface area contributed by atoms with Gasteiger partial charge in [-0.25, -0.2) is 4.79 Å². The van der Waals surface area contributed by atoms with E-state index in [-0.39, 0.29) is 11.9 Å². The van der Waals surface area contributed by atoms with E-state index < -0.39 is 17.7 Å². The lowest BCUT2D eigenvalue weighted by atomic mass is 10.1. The highest BCUT2D eigenvalue weighted by molar-refractivity contribution is 5.98. The number of hydrogen-bond acceptors (Lipinski definition) is 6. The first-order chi connectivity index (χ1) is 16.2. The maximum atomic E-state index is 13.0. The molecule has 0 aliphatic rings. The molecule has 2 N–H and O–H groups in total. The van der Waals surface area contributed by atoms with Crippen LogP contribution in [0.15, 0.2) is 36.5 Å². The highest BCUT2D eigenvalue weighted by Crippen LogP contribution is 2.18. The van der Waals surface area contributed by atoms with Crippen molar-refractivity contribution >= 4 is 34.6 Å². The minimum Gasteiger partial charge on any atom is -0.460 e. The van der Waals surface area contributed by atoms with Gasteiger partial charge in [-0.05, 0) is 64.3 Å². The summed E-state index contributed by atoms with van der Waals surface area (Å²) in [5.41, 5.74) is 0.961. The van der Waals surface area contributed by atoms with Crippen LogP contribution in [0.3, 0.4) is 0 Å². The summed E-state index contributed by atoms with van der Waals surface area (Å²) >= 11 is 0. The molecule has 1 aromatic carbocycles. The van der Waals surface area contributed by atoms with E-state index >= 15 is 0 Å². The van der Waals surface area contributed by atoms with Crippen LogP contribution in [0.4, 0.5) is 10.5 Å². The minimum absolute atomic E-state index is 0.231. The number of ether oxygens (including phenoxy) is 2. The van der Waals surface area contributed by atoms with Crippen molar-refractivity contribution in [3.8, 4) is 0 Å². The molecule has 0 aliphatic heterocycles. The van der Waals surface area contributed by atoms with E-state index in [9.17, 15) is 14.4 Å². The van der Waals surface area contributed by atoms with Gasteiger partial charge in [-0.2, -0.15) is 0 Å². The van der Waals surface area contributed by atoms with E-state index in [4.69, 9.17) is 9.47 Å². The molecule has 0 aliphatic carbocycles. The fourth-order valence-corrected chi connectivity index (χ4v) is 3.33. The SMILES string of the molecule is CCCCOC(=O)N[C@@H](CCCCCC(=O)OC(C)(C)C)C(=O)Nc1ccc2ncccc2c1. The van der Waals surface area contributed by atoms with E-state index in [0.29, 0.717) is 38.0 Å². The Hall–Kier alpha value is -3.16. The van der Waals surface area contributed by atoms with Crippen molar-refractivity contribution in [3.63, 3.8) is 0 Å². The molecule has 0 saturated carbocycles. The lowest BCUT2D eigenvalue weighted by molar-refractivity contribution is -0.154.